The molecule has 1 saturated heterocycles. The third kappa shape index (κ3) is 3.84. The number of halogens is 3. The van der Waals surface area contributed by atoms with Crippen molar-refractivity contribution in [1.29, 1.82) is 0 Å². The van der Waals surface area contributed by atoms with E-state index in [0.717, 1.165) is 0 Å². The van der Waals surface area contributed by atoms with Crippen molar-refractivity contribution in [2.45, 2.75) is 24.7 Å². The number of hydrogen-bond donors (Lipinski definition) is 4. The smallest absolute Gasteiger partial charge is 0.405 e. The second-order valence-corrected chi connectivity index (χ2v) is 7.12. The zero-order valence-corrected chi connectivity index (χ0v) is 15.6. The quantitative estimate of drug-likeness (QED) is 0.582. The standard InChI is InChI=1S/C18H19F3N6O3/c19-18(20,21)9-23-16(29)14-12(28)7-11-15(25-14)27(10-4-6-26(11)8-10)17(30)24-13-3-1-2-5-22-13/h1-3,5,7,10,14,25,28H,4,6,8-9H2,(H,23,29)(H,22,24,30)/t10-,14?/m0/s1. The van der Waals surface area contributed by atoms with Gasteiger partial charge in [-0.2, -0.15) is 13.2 Å². The monoisotopic (exact) mass is 424 g/mol. The summed E-state index contributed by atoms with van der Waals surface area (Å²) in [5.74, 6) is -0.893. The van der Waals surface area contributed by atoms with Crippen molar-refractivity contribution in [3.05, 3.63) is 47.7 Å². The van der Waals surface area contributed by atoms with E-state index >= 15 is 0 Å². The van der Waals surface area contributed by atoms with Crippen LogP contribution in [0.25, 0.3) is 0 Å². The fourth-order valence-electron chi connectivity index (χ4n) is 3.73. The average molecular weight is 424 g/mol. The lowest BCUT2D eigenvalue weighted by Gasteiger charge is -2.41. The molecule has 1 fully saturated rings. The minimum Gasteiger partial charge on any atom is -0.509 e. The van der Waals surface area contributed by atoms with Crippen molar-refractivity contribution in [3.8, 4) is 0 Å². The summed E-state index contributed by atoms with van der Waals surface area (Å²) >= 11 is 0. The molecule has 3 aliphatic rings. The number of carbonyl (C=O) groups excluding carboxylic acids is 2. The molecule has 3 amide bonds. The van der Waals surface area contributed by atoms with Gasteiger partial charge in [0.1, 0.15) is 23.9 Å². The van der Waals surface area contributed by atoms with E-state index in [1.165, 1.54) is 17.2 Å². The van der Waals surface area contributed by atoms with E-state index in [4.69, 9.17) is 0 Å². The lowest BCUT2D eigenvalue weighted by atomic mass is 10.1. The van der Waals surface area contributed by atoms with E-state index in [0.29, 0.717) is 31.0 Å². The summed E-state index contributed by atoms with van der Waals surface area (Å²) in [5.41, 5.74) is 0.497. The molecule has 2 atom stereocenters. The number of aliphatic hydroxyl groups is 1. The molecule has 0 radical (unpaired) electrons. The summed E-state index contributed by atoms with van der Waals surface area (Å²) in [6, 6.07) is 2.88. The molecule has 2 bridgehead atoms. The number of fused-ring (bicyclic) bond motifs is 3. The van der Waals surface area contributed by atoms with Crippen LogP contribution in [-0.2, 0) is 4.79 Å². The molecule has 0 spiro atoms. The minimum atomic E-state index is -4.58. The predicted molar refractivity (Wildman–Crippen MR) is 98.8 cm³/mol. The molecule has 12 heteroatoms. The second-order valence-electron chi connectivity index (χ2n) is 7.12. The van der Waals surface area contributed by atoms with Gasteiger partial charge in [-0.15, -0.1) is 0 Å². The molecule has 0 aromatic carbocycles. The molecule has 30 heavy (non-hydrogen) atoms. The van der Waals surface area contributed by atoms with Gasteiger partial charge in [0.25, 0.3) is 5.91 Å². The Morgan fingerprint density at radius 3 is 2.83 bits per heavy atom. The Morgan fingerprint density at radius 2 is 2.13 bits per heavy atom. The Bertz CT molecular complexity index is 917. The summed E-state index contributed by atoms with van der Waals surface area (Å²) in [5, 5.41) is 17.4. The van der Waals surface area contributed by atoms with Gasteiger partial charge in [-0.1, -0.05) is 6.07 Å². The van der Waals surface area contributed by atoms with Crippen molar-refractivity contribution in [3.63, 3.8) is 0 Å². The van der Waals surface area contributed by atoms with Gasteiger partial charge < -0.3 is 20.6 Å². The number of nitrogens with one attached hydrogen (secondary N) is 3. The Balaban J connectivity index is 1.58. The summed E-state index contributed by atoms with van der Waals surface area (Å²) in [7, 11) is 0. The maximum absolute atomic E-state index is 13.0. The molecule has 4 rings (SSSR count). The SMILES string of the molecule is O=C(NCC(F)(F)F)C1NC2=C(C=C1O)N1CC[C@@H](C1)N2C(=O)Nc1ccccn1. The molecule has 0 saturated carbocycles. The molecule has 160 valence electrons. The first-order valence-electron chi connectivity index (χ1n) is 9.25. The minimum absolute atomic E-state index is 0.201. The van der Waals surface area contributed by atoms with E-state index in [9.17, 15) is 27.9 Å². The predicted octanol–water partition coefficient (Wildman–Crippen LogP) is 1.26. The Labute approximate surface area is 169 Å². The van der Waals surface area contributed by atoms with E-state index in [2.05, 4.69) is 15.6 Å². The third-order valence-electron chi connectivity index (χ3n) is 5.06. The fourth-order valence-corrected chi connectivity index (χ4v) is 3.73. The maximum Gasteiger partial charge on any atom is 0.405 e. The Hall–Kier alpha value is -3.44. The molecule has 4 N–H and O–H groups in total. The first kappa shape index (κ1) is 19.9. The van der Waals surface area contributed by atoms with Crippen LogP contribution < -0.4 is 16.0 Å². The summed E-state index contributed by atoms with van der Waals surface area (Å²) in [6.45, 7) is -0.361. The summed E-state index contributed by atoms with van der Waals surface area (Å²) < 4.78 is 37.3. The molecule has 0 aliphatic carbocycles. The highest BCUT2D eigenvalue weighted by atomic mass is 19.4. The average Bonchev–Trinajstić information content (AvgIpc) is 3.11. The molecule has 3 aliphatic heterocycles. The number of amides is 3. The number of urea groups is 1. The zero-order valence-electron chi connectivity index (χ0n) is 15.6. The number of pyridine rings is 1. The largest absolute Gasteiger partial charge is 0.509 e. The topological polar surface area (TPSA) is 110 Å². The van der Waals surface area contributed by atoms with Crippen LogP contribution in [-0.4, -0.2) is 69.7 Å². The number of allylic oxidation sites excluding steroid dienone is 1. The Kier molecular flexibility index (Phi) is 4.92. The maximum atomic E-state index is 13.0. The lowest BCUT2D eigenvalue weighted by Crippen LogP contribution is -2.57. The molecular formula is C18H19F3N6O3. The number of aromatic nitrogens is 1. The van der Waals surface area contributed by atoms with Gasteiger partial charge in [-0.3, -0.25) is 15.0 Å². The summed E-state index contributed by atoms with van der Waals surface area (Å²) in [6.07, 6.45) is -1.09. The van der Waals surface area contributed by atoms with Gasteiger partial charge in [0.15, 0.2) is 6.04 Å². The van der Waals surface area contributed by atoms with E-state index in [1.807, 2.05) is 4.90 Å². The summed E-state index contributed by atoms with van der Waals surface area (Å²) in [4.78, 5) is 32.6. The second kappa shape index (κ2) is 7.43. The van der Waals surface area contributed by atoms with Crippen LogP contribution in [0.5, 0.6) is 0 Å². The van der Waals surface area contributed by atoms with Gasteiger partial charge in [0.2, 0.25) is 0 Å². The number of alkyl halides is 3. The van der Waals surface area contributed by atoms with Crippen LogP contribution >= 0.6 is 0 Å². The van der Waals surface area contributed by atoms with Gasteiger partial charge in [-0.25, -0.2) is 9.78 Å². The van der Waals surface area contributed by atoms with E-state index in [-0.39, 0.29) is 11.9 Å². The number of carbonyl (C=O) groups is 2. The number of hydrogen-bond acceptors (Lipinski definition) is 6. The highest BCUT2D eigenvalue weighted by Gasteiger charge is 2.44. The highest BCUT2D eigenvalue weighted by Crippen LogP contribution is 2.34. The molecule has 1 unspecified atom stereocenters. The van der Waals surface area contributed by atoms with Crippen LogP contribution in [0.15, 0.2) is 47.7 Å². The first-order chi connectivity index (χ1) is 14.2. The van der Waals surface area contributed by atoms with Crippen LogP contribution in [0.4, 0.5) is 23.8 Å². The molecule has 4 heterocycles. The van der Waals surface area contributed by atoms with Crippen molar-refractivity contribution < 1.29 is 27.9 Å². The number of aliphatic hydroxyl groups excluding tert-OH is 1. The van der Waals surface area contributed by atoms with Gasteiger partial charge >= 0.3 is 12.2 Å². The van der Waals surface area contributed by atoms with Crippen molar-refractivity contribution in [1.82, 2.24) is 25.4 Å². The van der Waals surface area contributed by atoms with Gasteiger partial charge in [0.05, 0.1) is 11.7 Å². The zero-order chi connectivity index (χ0) is 21.5. The lowest BCUT2D eigenvalue weighted by molar-refractivity contribution is -0.139. The van der Waals surface area contributed by atoms with Crippen molar-refractivity contribution in [2.24, 2.45) is 0 Å². The molecule has 9 nitrogen and oxygen atoms in total. The van der Waals surface area contributed by atoms with Crippen molar-refractivity contribution >= 4 is 17.8 Å². The molecular weight excluding hydrogens is 405 g/mol. The van der Waals surface area contributed by atoms with Gasteiger partial charge in [-0.05, 0) is 18.6 Å². The normalized spacial score (nSPS) is 22.8. The third-order valence-corrected chi connectivity index (χ3v) is 5.06. The first-order valence-corrected chi connectivity index (χ1v) is 9.25. The van der Waals surface area contributed by atoms with Gasteiger partial charge in [0, 0.05) is 25.4 Å². The highest BCUT2D eigenvalue weighted by molar-refractivity contribution is 5.91. The van der Waals surface area contributed by atoms with E-state index < -0.39 is 36.5 Å². The number of dihydropyridines is 1. The molecule has 1 aromatic heterocycles. The fraction of sp³-hybridized carbons (Fsp3) is 0.389. The number of nitrogens with zero attached hydrogens (tertiary/aromatic N) is 3. The van der Waals surface area contributed by atoms with Crippen LogP contribution in [0.1, 0.15) is 6.42 Å². The van der Waals surface area contributed by atoms with Crippen LogP contribution in [0, 0.1) is 0 Å². The van der Waals surface area contributed by atoms with Crippen LogP contribution in [0.2, 0.25) is 0 Å². The Morgan fingerprint density at radius 1 is 1.33 bits per heavy atom. The number of anilines is 1. The molecule has 1 aromatic rings. The number of rotatable bonds is 3. The van der Waals surface area contributed by atoms with Crippen molar-refractivity contribution in [2.75, 3.05) is 25.0 Å². The van der Waals surface area contributed by atoms with Crippen LogP contribution in [0.3, 0.4) is 0 Å². The van der Waals surface area contributed by atoms with E-state index in [1.54, 1.807) is 23.5 Å².